The van der Waals surface area contributed by atoms with Crippen molar-refractivity contribution in [2.24, 2.45) is 11.8 Å². The van der Waals surface area contributed by atoms with Crippen LogP contribution in [0.4, 0.5) is 0 Å². The summed E-state index contributed by atoms with van der Waals surface area (Å²) < 4.78 is 0. The molecule has 26 heavy (non-hydrogen) atoms. The Balaban J connectivity index is 1.47. The summed E-state index contributed by atoms with van der Waals surface area (Å²) in [6.45, 7) is 13.7. The zero-order chi connectivity index (χ0) is 18.8. The lowest BCUT2D eigenvalue weighted by atomic mass is 9.91. The van der Waals surface area contributed by atoms with Crippen molar-refractivity contribution in [2.75, 3.05) is 39.3 Å². The van der Waals surface area contributed by atoms with Crippen molar-refractivity contribution < 1.29 is 9.59 Å². The predicted octanol–water partition coefficient (Wildman–Crippen LogP) is 1.16. The van der Waals surface area contributed by atoms with Crippen molar-refractivity contribution in [1.82, 2.24) is 20.0 Å². The Hall–Kier alpha value is -1.14. The summed E-state index contributed by atoms with van der Waals surface area (Å²) in [5.74, 6) is 1.62. The highest BCUT2D eigenvalue weighted by Crippen LogP contribution is 2.23. The Bertz CT molecular complexity index is 504. The molecule has 4 atom stereocenters. The lowest BCUT2D eigenvalue weighted by molar-refractivity contribution is -0.140. The van der Waals surface area contributed by atoms with E-state index in [1.807, 2.05) is 13.8 Å². The third-order valence-electron chi connectivity index (χ3n) is 6.29. The van der Waals surface area contributed by atoms with Gasteiger partial charge in [-0.25, -0.2) is 0 Å². The fourth-order valence-electron chi connectivity index (χ4n) is 4.49. The first-order chi connectivity index (χ1) is 12.3. The van der Waals surface area contributed by atoms with E-state index in [0.29, 0.717) is 17.9 Å². The molecule has 0 unspecified atom stereocenters. The predicted molar refractivity (Wildman–Crippen MR) is 103 cm³/mol. The Morgan fingerprint density at radius 2 is 1.38 bits per heavy atom. The molecule has 0 radical (unpaired) electrons. The monoisotopic (exact) mass is 364 g/mol. The molecule has 2 aliphatic heterocycles. The van der Waals surface area contributed by atoms with Crippen LogP contribution in [-0.4, -0.2) is 83.9 Å². The summed E-state index contributed by atoms with van der Waals surface area (Å²) in [5, 5.41) is 3.10. The summed E-state index contributed by atoms with van der Waals surface area (Å²) >= 11 is 0. The van der Waals surface area contributed by atoms with Gasteiger partial charge in [0.15, 0.2) is 0 Å². The number of carbonyl (C=O) groups excluding carboxylic acids is 2. The first kappa shape index (κ1) is 19.6. The van der Waals surface area contributed by atoms with Crippen LogP contribution < -0.4 is 5.32 Å². The second-order valence-electron chi connectivity index (χ2n) is 8.90. The van der Waals surface area contributed by atoms with E-state index in [2.05, 4.69) is 33.9 Å². The molecule has 0 spiro atoms. The molecule has 1 N–H and O–H groups in total. The first-order valence-electron chi connectivity index (χ1n) is 10.4. The molecule has 0 aromatic rings. The summed E-state index contributed by atoms with van der Waals surface area (Å²) in [6.07, 6.45) is 3.47. The number of likely N-dealkylation sites (tertiary alicyclic amines) is 1. The zero-order valence-electron chi connectivity index (χ0n) is 16.9. The lowest BCUT2D eigenvalue weighted by Gasteiger charge is -2.42. The van der Waals surface area contributed by atoms with Crippen molar-refractivity contribution >= 4 is 11.8 Å². The summed E-state index contributed by atoms with van der Waals surface area (Å²) in [6, 6.07) is 0.274. The molecule has 1 aliphatic carbocycles. The highest BCUT2D eigenvalue weighted by atomic mass is 16.2. The maximum Gasteiger partial charge on any atom is 0.239 e. The number of hydrogen-bond acceptors (Lipinski definition) is 4. The molecular weight excluding hydrogens is 328 g/mol. The van der Waals surface area contributed by atoms with Crippen LogP contribution in [-0.2, 0) is 9.59 Å². The van der Waals surface area contributed by atoms with Gasteiger partial charge in [-0.05, 0) is 44.9 Å². The molecule has 2 heterocycles. The second kappa shape index (κ2) is 8.26. The SMILES string of the molecule is C[C@@H]1C[C@H](C)CN(C(=O)[C@H](C)N2CCN([C@@H](C)C(=O)NC3CC3)CC2)C1. The molecule has 6 heteroatoms. The van der Waals surface area contributed by atoms with Crippen LogP contribution in [0.5, 0.6) is 0 Å². The first-order valence-corrected chi connectivity index (χ1v) is 10.4. The number of nitrogens with zero attached hydrogens (tertiary/aromatic N) is 3. The molecule has 0 aromatic carbocycles. The Morgan fingerprint density at radius 1 is 0.885 bits per heavy atom. The molecule has 6 nitrogen and oxygen atoms in total. The molecule has 0 bridgehead atoms. The van der Waals surface area contributed by atoms with Gasteiger partial charge in [-0.15, -0.1) is 0 Å². The quantitative estimate of drug-likeness (QED) is 0.796. The van der Waals surface area contributed by atoms with Crippen LogP contribution in [0.1, 0.15) is 47.0 Å². The summed E-state index contributed by atoms with van der Waals surface area (Å²) in [5.41, 5.74) is 0. The Kier molecular flexibility index (Phi) is 6.23. The van der Waals surface area contributed by atoms with Crippen LogP contribution in [0, 0.1) is 11.8 Å². The molecule has 2 amide bonds. The number of rotatable bonds is 5. The van der Waals surface area contributed by atoms with Crippen molar-refractivity contribution in [1.29, 1.82) is 0 Å². The third kappa shape index (κ3) is 4.77. The van der Waals surface area contributed by atoms with Crippen LogP contribution in [0.2, 0.25) is 0 Å². The lowest BCUT2D eigenvalue weighted by Crippen LogP contribution is -2.58. The highest BCUT2D eigenvalue weighted by Gasteiger charge is 2.34. The van der Waals surface area contributed by atoms with E-state index in [9.17, 15) is 9.59 Å². The normalized spacial score (nSPS) is 30.7. The standard InChI is InChI=1S/C20H36N4O2/c1-14-11-15(2)13-24(12-14)20(26)17(4)23-9-7-22(8-10-23)16(3)19(25)21-18-5-6-18/h14-18H,5-13H2,1-4H3,(H,21,25)/t14-,15+,16-,17-/m0/s1. The van der Waals surface area contributed by atoms with E-state index in [0.717, 1.165) is 52.1 Å². The van der Waals surface area contributed by atoms with Crippen molar-refractivity contribution in [3.63, 3.8) is 0 Å². The third-order valence-corrected chi connectivity index (χ3v) is 6.29. The van der Waals surface area contributed by atoms with Gasteiger partial charge in [0.05, 0.1) is 12.1 Å². The number of nitrogens with one attached hydrogen (secondary N) is 1. The number of piperidine rings is 1. The van der Waals surface area contributed by atoms with E-state index in [4.69, 9.17) is 0 Å². The maximum atomic E-state index is 12.9. The van der Waals surface area contributed by atoms with Gasteiger partial charge < -0.3 is 10.2 Å². The maximum absolute atomic E-state index is 12.9. The minimum Gasteiger partial charge on any atom is -0.352 e. The minimum absolute atomic E-state index is 0.0646. The number of amides is 2. The highest BCUT2D eigenvalue weighted by molar-refractivity contribution is 5.82. The molecule has 3 fully saturated rings. The smallest absolute Gasteiger partial charge is 0.239 e. The molecule has 148 valence electrons. The van der Waals surface area contributed by atoms with Gasteiger partial charge in [-0.1, -0.05) is 13.8 Å². The minimum atomic E-state index is -0.0763. The Labute approximate surface area is 158 Å². The van der Waals surface area contributed by atoms with Crippen LogP contribution in [0.25, 0.3) is 0 Å². The summed E-state index contributed by atoms with van der Waals surface area (Å²) in [4.78, 5) is 31.8. The van der Waals surface area contributed by atoms with Gasteiger partial charge in [0.1, 0.15) is 0 Å². The van der Waals surface area contributed by atoms with Gasteiger partial charge in [-0.3, -0.25) is 19.4 Å². The molecule has 1 saturated carbocycles. The number of hydrogen-bond donors (Lipinski definition) is 1. The van der Waals surface area contributed by atoms with E-state index in [-0.39, 0.29) is 23.9 Å². The average Bonchev–Trinajstić information content (AvgIpc) is 3.43. The van der Waals surface area contributed by atoms with E-state index < -0.39 is 0 Å². The second-order valence-corrected chi connectivity index (χ2v) is 8.90. The topological polar surface area (TPSA) is 55.9 Å². The molecule has 2 saturated heterocycles. The molecule has 3 rings (SSSR count). The van der Waals surface area contributed by atoms with Gasteiger partial charge in [-0.2, -0.15) is 0 Å². The number of piperazine rings is 1. The fraction of sp³-hybridized carbons (Fsp3) is 0.900. The van der Waals surface area contributed by atoms with Crippen LogP contribution >= 0.6 is 0 Å². The Morgan fingerprint density at radius 3 is 1.88 bits per heavy atom. The van der Waals surface area contributed by atoms with Crippen LogP contribution in [0.3, 0.4) is 0 Å². The van der Waals surface area contributed by atoms with Crippen molar-refractivity contribution in [2.45, 2.75) is 65.1 Å². The van der Waals surface area contributed by atoms with E-state index in [1.54, 1.807) is 0 Å². The van der Waals surface area contributed by atoms with Gasteiger partial charge in [0.25, 0.3) is 0 Å². The van der Waals surface area contributed by atoms with Gasteiger partial charge in [0, 0.05) is 45.3 Å². The fourth-order valence-corrected chi connectivity index (χ4v) is 4.49. The van der Waals surface area contributed by atoms with Crippen molar-refractivity contribution in [3.8, 4) is 0 Å². The van der Waals surface area contributed by atoms with E-state index in [1.165, 1.54) is 6.42 Å². The van der Waals surface area contributed by atoms with E-state index >= 15 is 0 Å². The molecular formula is C20H36N4O2. The van der Waals surface area contributed by atoms with Crippen LogP contribution in [0.15, 0.2) is 0 Å². The largest absolute Gasteiger partial charge is 0.352 e. The number of carbonyl (C=O) groups is 2. The van der Waals surface area contributed by atoms with Crippen molar-refractivity contribution in [3.05, 3.63) is 0 Å². The van der Waals surface area contributed by atoms with Gasteiger partial charge in [0.2, 0.25) is 11.8 Å². The molecule has 3 aliphatic rings. The molecule has 0 aromatic heterocycles. The zero-order valence-corrected chi connectivity index (χ0v) is 16.9. The average molecular weight is 365 g/mol. The summed E-state index contributed by atoms with van der Waals surface area (Å²) in [7, 11) is 0. The van der Waals surface area contributed by atoms with Gasteiger partial charge >= 0.3 is 0 Å².